The van der Waals surface area contributed by atoms with Gasteiger partial charge in [-0.3, -0.25) is 0 Å². The van der Waals surface area contributed by atoms with Gasteiger partial charge in [0.25, 0.3) is 0 Å². The third-order valence-electron chi connectivity index (χ3n) is 8.38. The first-order valence-corrected chi connectivity index (χ1v) is 16.2. The summed E-state index contributed by atoms with van der Waals surface area (Å²) in [6, 6.07) is 58.3. The summed E-state index contributed by atoms with van der Waals surface area (Å²) in [7, 11) is 0. The van der Waals surface area contributed by atoms with Gasteiger partial charge in [-0.25, -0.2) is 24.9 Å². The van der Waals surface area contributed by atoms with Gasteiger partial charge in [0, 0.05) is 33.4 Å². The molecule has 2 heterocycles. The summed E-state index contributed by atoms with van der Waals surface area (Å²) < 4.78 is 0. The van der Waals surface area contributed by atoms with Gasteiger partial charge in [-0.15, -0.1) is 0 Å². The minimum absolute atomic E-state index is 0.591. The Morgan fingerprint density at radius 1 is 0.300 bits per heavy atom. The highest BCUT2D eigenvalue weighted by Gasteiger charge is 2.14. The molecule has 0 aliphatic carbocycles. The Bertz CT molecular complexity index is 2420. The predicted octanol–water partition coefficient (Wildman–Crippen LogP) is 10.2. The Labute approximate surface area is 290 Å². The third kappa shape index (κ3) is 6.40. The number of nitriles is 1. The van der Waals surface area contributed by atoms with Gasteiger partial charge in [-0.05, 0) is 53.6 Å². The van der Waals surface area contributed by atoms with Crippen LogP contribution in [-0.4, -0.2) is 24.9 Å². The maximum absolute atomic E-state index is 9.31. The second kappa shape index (κ2) is 13.6. The molecule has 6 aromatic carbocycles. The molecule has 8 rings (SSSR count). The fraction of sp³-hybridized carbons (Fsp3) is 0. The molecule has 0 spiro atoms. The number of hydrogen-bond acceptors (Lipinski definition) is 6. The van der Waals surface area contributed by atoms with E-state index in [9.17, 15) is 5.26 Å². The molecule has 0 atom stereocenters. The zero-order valence-electron chi connectivity index (χ0n) is 26.8. The van der Waals surface area contributed by atoms with E-state index in [-0.39, 0.29) is 0 Å². The smallest absolute Gasteiger partial charge is 0.164 e. The number of aromatic nitrogens is 5. The highest BCUT2D eigenvalue weighted by Crippen LogP contribution is 2.32. The quantitative estimate of drug-likeness (QED) is 0.172. The standard InChI is InChI=1S/C44H28N6/c45-29-30-22-24-34(25-23-30)41-46-39(31-12-4-1-5-13-31)28-40(47-41)37-20-10-18-35(26-37)36-19-11-21-38(27-36)44-49-42(32-14-6-2-7-15-32)48-43(50-44)33-16-8-3-9-17-33/h1-28H. The van der Waals surface area contributed by atoms with Crippen LogP contribution in [0.3, 0.4) is 0 Å². The summed E-state index contributed by atoms with van der Waals surface area (Å²) in [4.78, 5) is 24.6. The van der Waals surface area contributed by atoms with Gasteiger partial charge < -0.3 is 0 Å². The fourth-order valence-electron chi connectivity index (χ4n) is 5.81. The van der Waals surface area contributed by atoms with E-state index >= 15 is 0 Å². The Balaban J connectivity index is 1.20. The summed E-state index contributed by atoms with van der Waals surface area (Å²) in [5.74, 6) is 2.44. The van der Waals surface area contributed by atoms with Crippen molar-refractivity contribution in [3.63, 3.8) is 0 Å². The zero-order valence-corrected chi connectivity index (χ0v) is 26.8. The van der Waals surface area contributed by atoms with Crippen molar-refractivity contribution in [2.24, 2.45) is 0 Å². The molecular weight excluding hydrogens is 613 g/mol. The minimum Gasteiger partial charge on any atom is -0.228 e. The normalized spacial score (nSPS) is 10.8. The van der Waals surface area contributed by atoms with E-state index in [1.54, 1.807) is 12.1 Å². The molecule has 234 valence electrons. The average Bonchev–Trinajstić information content (AvgIpc) is 3.21. The molecule has 0 unspecified atom stereocenters. The van der Waals surface area contributed by atoms with Gasteiger partial charge >= 0.3 is 0 Å². The van der Waals surface area contributed by atoms with Crippen LogP contribution < -0.4 is 0 Å². The lowest BCUT2D eigenvalue weighted by molar-refractivity contribution is 1.07. The van der Waals surface area contributed by atoms with Crippen LogP contribution in [0.4, 0.5) is 0 Å². The van der Waals surface area contributed by atoms with Gasteiger partial charge in [-0.2, -0.15) is 5.26 Å². The molecule has 0 saturated carbocycles. The Hall–Kier alpha value is -7.10. The topological polar surface area (TPSA) is 88.2 Å². The van der Waals surface area contributed by atoms with Crippen LogP contribution in [0.1, 0.15) is 5.56 Å². The van der Waals surface area contributed by atoms with Crippen molar-refractivity contribution >= 4 is 0 Å². The molecule has 0 aliphatic heterocycles. The van der Waals surface area contributed by atoms with E-state index in [0.717, 1.165) is 55.9 Å². The van der Waals surface area contributed by atoms with Crippen LogP contribution >= 0.6 is 0 Å². The minimum atomic E-state index is 0.591. The van der Waals surface area contributed by atoms with Crippen molar-refractivity contribution in [1.29, 1.82) is 5.26 Å². The predicted molar refractivity (Wildman–Crippen MR) is 198 cm³/mol. The van der Waals surface area contributed by atoms with Crippen molar-refractivity contribution in [2.45, 2.75) is 0 Å². The Morgan fingerprint density at radius 2 is 0.680 bits per heavy atom. The van der Waals surface area contributed by atoms with E-state index < -0.39 is 0 Å². The van der Waals surface area contributed by atoms with Crippen molar-refractivity contribution < 1.29 is 0 Å². The van der Waals surface area contributed by atoms with Crippen molar-refractivity contribution in [1.82, 2.24) is 24.9 Å². The lowest BCUT2D eigenvalue weighted by Crippen LogP contribution is -2.00. The van der Waals surface area contributed by atoms with Crippen molar-refractivity contribution in [2.75, 3.05) is 0 Å². The highest BCUT2D eigenvalue weighted by atomic mass is 15.0. The molecule has 50 heavy (non-hydrogen) atoms. The third-order valence-corrected chi connectivity index (χ3v) is 8.38. The molecule has 8 aromatic rings. The second-order valence-corrected chi connectivity index (χ2v) is 11.7. The maximum Gasteiger partial charge on any atom is 0.164 e. The van der Waals surface area contributed by atoms with E-state index in [1.807, 2.05) is 127 Å². The van der Waals surface area contributed by atoms with Crippen LogP contribution in [0, 0.1) is 11.3 Å². The lowest BCUT2D eigenvalue weighted by atomic mass is 9.99. The molecule has 0 radical (unpaired) electrons. The maximum atomic E-state index is 9.31. The van der Waals surface area contributed by atoms with E-state index in [0.29, 0.717) is 28.9 Å². The second-order valence-electron chi connectivity index (χ2n) is 11.7. The summed E-state index contributed by atoms with van der Waals surface area (Å²) in [5, 5.41) is 9.31. The molecule has 0 fully saturated rings. The molecule has 2 aromatic heterocycles. The average molecular weight is 641 g/mol. The van der Waals surface area contributed by atoms with Crippen LogP contribution in [0.15, 0.2) is 170 Å². The van der Waals surface area contributed by atoms with Crippen LogP contribution in [0.5, 0.6) is 0 Å². The summed E-state index contributed by atoms with van der Waals surface area (Å²) >= 11 is 0. The molecule has 6 nitrogen and oxygen atoms in total. The van der Waals surface area contributed by atoms with Crippen LogP contribution in [-0.2, 0) is 0 Å². The summed E-state index contributed by atoms with van der Waals surface area (Å²) in [5.41, 5.74) is 9.81. The largest absolute Gasteiger partial charge is 0.228 e. The zero-order chi connectivity index (χ0) is 33.7. The molecule has 0 bridgehead atoms. The van der Waals surface area contributed by atoms with E-state index in [4.69, 9.17) is 24.9 Å². The van der Waals surface area contributed by atoms with Crippen molar-refractivity contribution in [3.05, 3.63) is 175 Å². The van der Waals surface area contributed by atoms with Gasteiger partial charge in [0.2, 0.25) is 0 Å². The number of benzene rings is 6. The lowest BCUT2D eigenvalue weighted by Gasteiger charge is -2.11. The van der Waals surface area contributed by atoms with Crippen LogP contribution in [0.25, 0.3) is 79.2 Å². The highest BCUT2D eigenvalue weighted by molar-refractivity contribution is 5.78. The molecule has 0 amide bonds. The summed E-state index contributed by atoms with van der Waals surface area (Å²) in [6.45, 7) is 0. The van der Waals surface area contributed by atoms with E-state index in [1.165, 1.54) is 0 Å². The molecule has 0 aliphatic rings. The number of nitrogens with zero attached hydrogens (tertiary/aromatic N) is 6. The first-order valence-electron chi connectivity index (χ1n) is 16.2. The SMILES string of the molecule is N#Cc1ccc(-c2nc(-c3ccccc3)cc(-c3cccc(-c4cccc(-c5nc(-c6ccccc6)nc(-c6ccccc6)n5)c4)c3)n2)cc1. The molecule has 0 saturated heterocycles. The van der Waals surface area contributed by atoms with E-state index in [2.05, 4.69) is 36.4 Å². The molecular formula is C44H28N6. The Kier molecular flexibility index (Phi) is 8.20. The first-order chi connectivity index (χ1) is 24.7. The Morgan fingerprint density at radius 3 is 1.22 bits per heavy atom. The van der Waals surface area contributed by atoms with Gasteiger partial charge in [0.1, 0.15) is 0 Å². The van der Waals surface area contributed by atoms with Gasteiger partial charge in [0.05, 0.1) is 23.0 Å². The molecule has 6 heteroatoms. The monoisotopic (exact) mass is 640 g/mol. The van der Waals surface area contributed by atoms with Crippen LogP contribution in [0.2, 0.25) is 0 Å². The molecule has 0 N–H and O–H groups in total. The van der Waals surface area contributed by atoms with Crippen molar-refractivity contribution in [3.8, 4) is 85.3 Å². The van der Waals surface area contributed by atoms with Gasteiger partial charge in [-0.1, -0.05) is 127 Å². The number of hydrogen-bond donors (Lipinski definition) is 0. The fourth-order valence-corrected chi connectivity index (χ4v) is 5.81. The first kappa shape index (κ1) is 30.2. The van der Waals surface area contributed by atoms with Gasteiger partial charge in [0.15, 0.2) is 23.3 Å². The number of rotatable bonds is 7. The summed E-state index contributed by atoms with van der Waals surface area (Å²) in [6.07, 6.45) is 0.